The summed E-state index contributed by atoms with van der Waals surface area (Å²) < 4.78 is 11.4. The highest BCUT2D eigenvalue weighted by molar-refractivity contribution is 5.97. The van der Waals surface area contributed by atoms with E-state index in [1.807, 2.05) is 17.9 Å². The van der Waals surface area contributed by atoms with Crippen molar-refractivity contribution >= 4 is 5.91 Å². The zero-order valence-corrected chi connectivity index (χ0v) is 18.3. The average molecular weight is 405 g/mol. The van der Waals surface area contributed by atoms with Gasteiger partial charge < -0.3 is 19.5 Å². The normalized spacial score (nSPS) is 21.4. The third kappa shape index (κ3) is 5.30. The minimum atomic E-state index is -0.0675. The van der Waals surface area contributed by atoms with E-state index in [4.69, 9.17) is 9.47 Å². The van der Waals surface area contributed by atoms with Gasteiger partial charge in [0, 0.05) is 39.3 Å². The number of aryl methyl sites for hydroxylation is 1. The van der Waals surface area contributed by atoms with Crippen LogP contribution in [0.25, 0.3) is 0 Å². The summed E-state index contributed by atoms with van der Waals surface area (Å²) in [5.41, 5.74) is 1.57. The Kier molecular flexibility index (Phi) is 7.19. The smallest absolute Gasteiger partial charge is 0.257 e. The Morgan fingerprint density at radius 3 is 2.76 bits per heavy atom. The molecule has 1 N–H and O–H groups in total. The van der Waals surface area contributed by atoms with Gasteiger partial charge in [-0.25, -0.2) is 0 Å². The Labute approximate surface area is 174 Å². The van der Waals surface area contributed by atoms with E-state index < -0.39 is 0 Å². The largest absolute Gasteiger partial charge is 0.507 e. The monoisotopic (exact) mass is 404 g/mol. The van der Waals surface area contributed by atoms with Crippen LogP contribution in [0.2, 0.25) is 0 Å². The molecule has 0 bridgehead atoms. The molecule has 29 heavy (non-hydrogen) atoms. The summed E-state index contributed by atoms with van der Waals surface area (Å²) in [6.45, 7) is 11.2. The van der Waals surface area contributed by atoms with E-state index in [9.17, 15) is 9.90 Å². The molecule has 0 aromatic heterocycles. The van der Waals surface area contributed by atoms with E-state index in [2.05, 4.69) is 18.7 Å². The number of nitrogens with zero attached hydrogens (tertiary/aromatic N) is 2. The van der Waals surface area contributed by atoms with E-state index in [0.717, 1.165) is 64.2 Å². The Balaban J connectivity index is 1.55. The molecule has 162 valence electrons. The second kappa shape index (κ2) is 9.45. The zero-order chi connectivity index (χ0) is 21.0. The van der Waals surface area contributed by atoms with Gasteiger partial charge in [-0.1, -0.05) is 11.6 Å². The summed E-state index contributed by atoms with van der Waals surface area (Å²) in [5, 5.41) is 10.1. The molecule has 6 heteroatoms. The number of piperidine rings is 1. The lowest BCUT2D eigenvalue weighted by Crippen LogP contribution is -2.44. The molecule has 1 atom stereocenters. The van der Waals surface area contributed by atoms with Crippen molar-refractivity contribution < 1.29 is 19.4 Å². The van der Waals surface area contributed by atoms with Crippen LogP contribution in [-0.4, -0.2) is 79.5 Å². The molecule has 2 aliphatic heterocycles. The number of hydrogen-bond donors (Lipinski definition) is 1. The number of benzene rings is 1. The lowest BCUT2D eigenvalue weighted by atomic mass is 9.76. The predicted molar refractivity (Wildman–Crippen MR) is 113 cm³/mol. The van der Waals surface area contributed by atoms with Crippen molar-refractivity contribution in [3.05, 3.63) is 29.3 Å². The molecule has 2 aliphatic rings. The Morgan fingerprint density at radius 1 is 1.38 bits per heavy atom. The lowest BCUT2D eigenvalue weighted by molar-refractivity contribution is 0.0365. The summed E-state index contributed by atoms with van der Waals surface area (Å²) >= 11 is 0. The third-order valence-electron chi connectivity index (χ3n) is 6.53. The summed E-state index contributed by atoms with van der Waals surface area (Å²) in [7, 11) is 1.74. The minimum absolute atomic E-state index is 0.0648. The quantitative estimate of drug-likeness (QED) is 0.757. The maximum atomic E-state index is 12.9. The number of phenolic OH excluding ortho intramolecular Hbond substituents is 1. The maximum absolute atomic E-state index is 12.9. The van der Waals surface area contributed by atoms with Crippen LogP contribution in [0.3, 0.4) is 0 Å². The fourth-order valence-corrected chi connectivity index (χ4v) is 4.57. The van der Waals surface area contributed by atoms with Gasteiger partial charge in [0.05, 0.1) is 24.9 Å². The van der Waals surface area contributed by atoms with Gasteiger partial charge in [0.15, 0.2) is 0 Å². The fraction of sp³-hybridized carbons (Fsp3) is 0.696. The number of likely N-dealkylation sites (tertiary alicyclic amines) is 1. The van der Waals surface area contributed by atoms with Crippen LogP contribution in [0.15, 0.2) is 18.2 Å². The summed E-state index contributed by atoms with van der Waals surface area (Å²) in [4.78, 5) is 17.2. The number of rotatable bonds is 7. The number of aromatic hydroxyl groups is 1. The van der Waals surface area contributed by atoms with Gasteiger partial charge in [-0.2, -0.15) is 0 Å². The van der Waals surface area contributed by atoms with Gasteiger partial charge in [0.25, 0.3) is 5.91 Å². The van der Waals surface area contributed by atoms with Gasteiger partial charge in [-0.15, -0.1) is 0 Å². The van der Waals surface area contributed by atoms with Crippen LogP contribution in [0.1, 0.15) is 49.0 Å². The van der Waals surface area contributed by atoms with Crippen LogP contribution < -0.4 is 0 Å². The highest BCUT2D eigenvalue weighted by Gasteiger charge is 2.43. The van der Waals surface area contributed by atoms with Crippen LogP contribution in [-0.2, 0) is 9.47 Å². The molecule has 6 nitrogen and oxygen atoms in total. The highest BCUT2D eigenvalue weighted by Crippen LogP contribution is 2.42. The standard InChI is InChI=1S/C23H36N2O4/c1-17(2)25(11-12-28-4)15-19-14-23(16-29-19)7-9-24(10-8-23)22(27)20-13-18(3)5-6-21(20)26/h5-6,13,17,19,26H,7-12,14-16H2,1-4H3/t19-/m1/s1. The molecule has 1 amide bonds. The van der Waals surface area contributed by atoms with Crippen molar-refractivity contribution in [3.8, 4) is 5.75 Å². The average Bonchev–Trinajstić information content (AvgIpc) is 3.09. The second-order valence-corrected chi connectivity index (χ2v) is 9.03. The summed E-state index contributed by atoms with van der Waals surface area (Å²) in [6, 6.07) is 5.66. The third-order valence-corrected chi connectivity index (χ3v) is 6.53. The van der Waals surface area contributed by atoms with Gasteiger partial charge in [-0.3, -0.25) is 9.69 Å². The van der Waals surface area contributed by atoms with Gasteiger partial charge in [-0.05, 0) is 57.6 Å². The first-order valence-electron chi connectivity index (χ1n) is 10.8. The maximum Gasteiger partial charge on any atom is 0.257 e. The highest BCUT2D eigenvalue weighted by atomic mass is 16.5. The minimum Gasteiger partial charge on any atom is -0.507 e. The molecule has 3 rings (SSSR count). The predicted octanol–water partition coefficient (Wildman–Crippen LogP) is 3.07. The molecule has 1 aromatic rings. The van der Waals surface area contributed by atoms with Crippen molar-refractivity contribution in [2.24, 2.45) is 5.41 Å². The molecule has 2 saturated heterocycles. The first-order valence-corrected chi connectivity index (χ1v) is 10.8. The molecule has 2 heterocycles. The Hall–Kier alpha value is -1.63. The SMILES string of the molecule is COCCN(C[C@H]1CC2(CCN(C(=O)c3cc(C)ccc3O)CC2)CO1)C(C)C. The van der Waals surface area contributed by atoms with Gasteiger partial charge in [0.2, 0.25) is 0 Å². The molecule has 2 fully saturated rings. The molecule has 1 aromatic carbocycles. The summed E-state index contributed by atoms with van der Waals surface area (Å²) in [6.07, 6.45) is 3.22. The van der Waals surface area contributed by atoms with Crippen LogP contribution >= 0.6 is 0 Å². The van der Waals surface area contributed by atoms with Crippen molar-refractivity contribution in [3.63, 3.8) is 0 Å². The molecular weight excluding hydrogens is 368 g/mol. The molecule has 0 saturated carbocycles. The fourth-order valence-electron chi connectivity index (χ4n) is 4.57. The lowest BCUT2D eigenvalue weighted by Gasteiger charge is -2.38. The molecular formula is C23H36N2O4. The molecule has 0 radical (unpaired) electrons. The first-order chi connectivity index (χ1) is 13.8. The van der Waals surface area contributed by atoms with Crippen molar-refractivity contribution in [2.75, 3.05) is 46.5 Å². The molecule has 0 aliphatic carbocycles. The van der Waals surface area contributed by atoms with Gasteiger partial charge >= 0.3 is 0 Å². The number of methoxy groups -OCH3 is 1. The van der Waals surface area contributed by atoms with Crippen molar-refractivity contribution in [2.45, 2.75) is 52.2 Å². The molecule has 1 spiro atoms. The first kappa shape index (κ1) is 22.1. The van der Waals surface area contributed by atoms with E-state index in [1.165, 1.54) is 0 Å². The van der Waals surface area contributed by atoms with Crippen molar-refractivity contribution in [1.82, 2.24) is 9.80 Å². The second-order valence-electron chi connectivity index (χ2n) is 9.03. The number of amides is 1. The summed E-state index contributed by atoms with van der Waals surface area (Å²) in [5.74, 6) is -0.00273. The number of carbonyl (C=O) groups excluding carboxylic acids is 1. The zero-order valence-electron chi connectivity index (χ0n) is 18.3. The Morgan fingerprint density at radius 2 is 2.10 bits per heavy atom. The Bertz CT molecular complexity index is 698. The van der Waals surface area contributed by atoms with E-state index in [-0.39, 0.29) is 23.2 Å². The van der Waals surface area contributed by atoms with Crippen LogP contribution in [0.5, 0.6) is 5.75 Å². The number of hydrogen-bond acceptors (Lipinski definition) is 5. The van der Waals surface area contributed by atoms with Crippen molar-refractivity contribution in [1.29, 1.82) is 0 Å². The number of ether oxygens (including phenoxy) is 2. The number of carbonyl (C=O) groups is 1. The van der Waals surface area contributed by atoms with E-state index in [0.29, 0.717) is 11.6 Å². The van der Waals surface area contributed by atoms with E-state index >= 15 is 0 Å². The van der Waals surface area contributed by atoms with E-state index in [1.54, 1.807) is 19.2 Å². The van der Waals surface area contributed by atoms with Gasteiger partial charge in [0.1, 0.15) is 5.75 Å². The van der Waals surface area contributed by atoms with Crippen LogP contribution in [0.4, 0.5) is 0 Å². The van der Waals surface area contributed by atoms with Crippen LogP contribution in [0, 0.1) is 12.3 Å². The topological polar surface area (TPSA) is 62.2 Å². The number of phenols is 1. The molecule has 0 unspecified atom stereocenters.